The van der Waals surface area contributed by atoms with Crippen LogP contribution in [0.3, 0.4) is 0 Å². The topological polar surface area (TPSA) is 26.3 Å². The highest BCUT2D eigenvalue weighted by Crippen LogP contribution is 2.08. The lowest BCUT2D eigenvalue weighted by Crippen LogP contribution is -2.14. The van der Waals surface area contributed by atoms with Gasteiger partial charge in [-0.1, -0.05) is 74.6 Å². The van der Waals surface area contributed by atoms with Gasteiger partial charge in [-0.3, -0.25) is 4.79 Å². The van der Waals surface area contributed by atoms with Crippen molar-refractivity contribution in [3.8, 4) is 0 Å². The van der Waals surface area contributed by atoms with E-state index in [0.717, 1.165) is 32.1 Å². The molecule has 0 bridgehead atoms. The van der Waals surface area contributed by atoms with Crippen molar-refractivity contribution in [2.24, 2.45) is 5.89 Å². The largest absolute Gasteiger partial charge is 0.466 e. The lowest BCUT2D eigenvalue weighted by Gasteiger charge is -2.08. The molecule has 0 saturated carbocycles. The molecule has 2 nitrogen and oxygen atoms in total. The summed E-state index contributed by atoms with van der Waals surface area (Å²) in [4.78, 5) is 11.6. The average Bonchev–Trinajstić information content (AvgIpc) is 2.61. The predicted molar refractivity (Wildman–Crippen MR) is 109 cm³/mol. The summed E-state index contributed by atoms with van der Waals surface area (Å²) in [5, 5.41) is 0. The van der Waals surface area contributed by atoms with Gasteiger partial charge in [0.15, 0.2) is 0 Å². The Morgan fingerprint density at radius 3 is 1.72 bits per heavy atom. The fourth-order valence-corrected chi connectivity index (χ4v) is 2.02. The van der Waals surface area contributed by atoms with E-state index in [1.807, 2.05) is 6.08 Å². The van der Waals surface area contributed by atoms with Crippen LogP contribution >= 0.6 is 0 Å². The number of esters is 1. The van der Waals surface area contributed by atoms with Gasteiger partial charge in [0, 0.05) is 1.37 Å². The Balaban J connectivity index is 3.74. The van der Waals surface area contributed by atoms with Gasteiger partial charge >= 0.3 is 5.97 Å². The number of allylic oxidation sites excluding steroid dienone is 10. The second kappa shape index (κ2) is 18.5. The van der Waals surface area contributed by atoms with Gasteiger partial charge < -0.3 is 4.74 Å². The summed E-state index contributed by atoms with van der Waals surface area (Å²) in [5.74, 6) is -1.59. The molecule has 0 aliphatic rings. The summed E-state index contributed by atoms with van der Waals surface area (Å²) >= 11 is 0. The lowest BCUT2D eigenvalue weighted by atomic mass is 10.1. The molecule has 0 radical (unpaired) electrons. The zero-order chi connectivity index (χ0) is 19.5. The Kier molecular flexibility index (Phi) is 15.7. The Morgan fingerprint density at radius 2 is 1.28 bits per heavy atom. The Hall–Kier alpha value is -1.83. The second-order valence-corrected chi connectivity index (χ2v) is 5.75. The van der Waals surface area contributed by atoms with E-state index in [4.69, 9.17) is 6.11 Å². The summed E-state index contributed by atoms with van der Waals surface area (Å²) < 4.78 is 12.9. The van der Waals surface area contributed by atoms with E-state index in [-0.39, 0.29) is 0 Å². The van der Waals surface area contributed by atoms with Crippen LogP contribution in [0.1, 0.15) is 67.1 Å². The highest BCUT2D eigenvalue weighted by atomic mass is 16.5. The molecule has 140 valence electrons. The number of ether oxygens (including phenoxy) is 1. The molecule has 0 aliphatic heterocycles. The first-order chi connectivity index (χ1) is 12.5. The van der Waals surface area contributed by atoms with Gasteiger partial charge in [-0.15, -0.1) is 0 Å². The standard InChI is InChI=1S/C23H36O2/c1-4-6-7-8-9-10-11-12-13-14-15-16-17-18-19-20-21-22(3)23(24)25-5-2/h6-7,9-10,12-13,15-16,18-19,22H,4-5,8,11,14,17,20-21H2,1-3H3/b7-6-,10-9-,13-12-,16-15-,19-18-/i22D. The third-order valence-corrected chi connectivity index (χ3v) is 3.47. The molecule has 0 aromatic heterocycles. The summed E-state index contributed by atoms with van der Waals surface area (Å²) in [6, 6.07) is 0. The van der Waals surface area contributed by atoms with Crippen LogP contribution in [0.5, 0.6) is 0 Å². The van der Waals surface area contributed by atoms with E-state index in [2.05, 4.69) is 61.6 Å². The minimum absolute atomic E-state index is 0.328. The van der Waals surface area contributed by atoms with E-state index in [1.165, 1.54) is 0 Å². The number of carbonyl (C=O) groups excluding carboxylic acids is 1. The molecule has 0 N–H and O–H groups in total. The van der Waals surface area contributed by atoms with Crippen LogP contribution in [-0.2, 0) is 9.53 Å². The van der Waals surface area contributed by atoms with Crippen molar-refractivity contribution in [2.45, 2.75) is 65.7 Å². The van der Waals surface area contributed by atoms with E-state index in [9.17, 15) is 4.79 Å². The molecular formula is C23H36O2. The number of hydrogen-bond donors (Lipinski definition) is 0. The molecule has 2 heteroatoms. The lowest BCUT2D eigenvalue weighted by molar-refractivity contribution is -0.147. The molecule has 1 atom stereocenters. The zero-order valence-corrected chi connectivity index (χ0v) is 16.2. The fraction of sp³-hybridized carbons (Fsp3) is 0.522. The van der Waals surface area contributed by atoms with E-state index >= 15 is 0 Å². The van der Waals surface area contributed by atoms with Crippen LogP contribution < -0.4 is 0 Å². The van der Waals surface area contributed by atoms with Gasteiger partial charge in [0.25, 0.3) is 0 Å². The molecule has 0 aromatic rings. The van der Waals surface area contributed by atoms with E-state index in [1.54, 1.807) is 13.8 Å². The first kappa shape index (κ1) is 21.2. The number of carbonyl (C=O) groups is 1. The van der Waals surface area contributed by atoms with E-state index in [0.29, 0.717) is 19.4 Å². The van der Waals surface area contributed by atoms with Crippen LogP contribution in [0.4, 0.5) is 0 Å². The number of hydrogen-bond acceptors (Lipinski definition) is 2. The second-order valence-electron chi connectivity index (χ2n) is 5.75. The first-order valence-electron chi connectivity index (χ1n) is 9.96. The zero-order valence-electron chi connectivity index (χ0n) is 17.2. The maximum atomic E-state index is 11.6. The monoisotopic (exact) mass is 345 g/mol. The molecule has 0 heterocycles. The minimum Gasteiger partial charge on any atom is -0.466 e. The molecule has 0 amide bonds. The predicted octanol–water partition coefficient (Wildman–Crippen LogP) is 6.72. The van der Waals surface area contributed by atoms with Crippen molar-refractivity contribution in [2.75, 3.05) is 6.61 Å². The van der Waals surface area contributed by atoms with Crippen LogP contribution in [-0.4, -0.2) is 12.6 Å². The van der Waals surface area contributed by atoms with Gasteiger partial charge in [-0.05, 0) is 51.9 Å². The molecular weight excluding hydrogens is 308 g/mol. The smallest absolute Gasteiger partial charge is 0.308 e. The van der Waals surface area contributed by atoms with Crippen molar-refractivity contribution in [1.82, 2.24) is 0 Å². The summed E-state index contributed by atoms with van der Waals surface area (Å²) in [6.07, 6.45) is 27.7. The van der Waals surface area contributed by atoms with Crippen LogP contribution in [0, 0.1) is 5.89 Å². The molecule has 0 rings (SSSR count). The molecule has 0 aliphatic carbocycles. The molecule has 0 aromatic carbocycles. The van der Waals surface area contributed by atoms with Crippen molar-refractivity contribution in [3.63, 3.8) is 0 Å². The highest BCUT2D eigenvalue weighted by Gasteiger charge is 2.11. The van der Waals surface area contributed by atoms with Gasteiger partial charge in [0.1, 0.15) is 0 Å². The molecule has 25 heavy (non-hydrogen) atoms. The van der Waals surface area contributed by atoms with Gasteiger partial charge in [0.05, 0.1) is 12.5 Å². The van der Waals surface area contributed by atoms with Crippen molar-refractivity contribution in [1.29, 1.82) is 0 Å². The van der Waals surface area contributed by atoms with Gasteiger partial charge in [0.2, 0.25) is 0 Å². The fourth-order valence-electron chi connectivity index (χ4n) is 2.02. The Bertz CT molecular complexity index is 496. The minimum atomic E-state index is -1.15. The summed E-state index contributed by atoms with van der Waals surface area (Å²) in [6.45, 7) is 5.85. The van der Waals surface area contributed by atoms with Crippen molar-refractivity contribution < 1.29 is 10.9 Å². The summed E-state index contributed by atoms with van der Waals surface area (Å²) in [5.41, 5.74) is 0. The molecule has 1 unspecified atom stereocenters. The third kappa shape index (κ3) is 16.8. The van der Waals surface area contributed by atoms with Crippen LogP contribution in [0.2, 0.25) is 0 Å². The summed E-state index contributed by atoms with van der Waals surface area (Å²) in [7, 11) is 0. The maximum Gasteiger partial charge on any atom is 0.308 e. The Morgan fingerprint density at radius 1 is 0.840 bits per heavy atom. The first-order valence-corrected chi connectivity index (χ1v) is 9.46. The maximum absolute atomic E-state index is 11.6. The quantitative estimate of drug-likeness (QED) is 0.258. The molecule has 0 fully saturated rings. The average molecular weight is 346 g/mol. The Labute approximate surface area is 156 Å². The van der Waals surface area contributed by atoms with Crippen molar-refractivity contribution in [3.05, 3.63) is 60.8 Å². The highest BCUT2D eigenvalue weighted by molar-refractivity contribution is 5.71. The SMILES string of the molecule is [2H]C(C)(CC/C=C\C/C=C\C/C=C\C/C=C\C/C=C\CC)C(=O)OCC. The van der Waals surface area contributed by atoms with Crippen LogP contribution in [0.15, 0.2) is 60.8 Å². The number of rotatable bonds is 14. The van der Waals surface area contributed by atoms with Gasteiger partial charge in [-0.25, -0.2) is 0 Å². The third-order valence-electron chi connectivity index (χ3n) is 3.47. The normalized spacial score (nSPS) is 15.7. The molecule has 0 saturated heterocycles. The van der Waals surface area contributed by atoms with Crippen molar-refractivity contribution >= 4 is 5.97 Å². The van der Waals surface area contributed by atoms with Gasteiger partial charge in [-0.2, -0.15) is 0 Å². The van der Waals surface area contributed by atoms with E-state index < -0.39 is 11.9 Å². The van der Waals surface area contributed by atoms with Crippen LogP contribution in [0.25, 0.3) is 0 Å². The molecule has 0 spiro atoms.